The van der Waals surface area contributed by atoms with Crippen molar-refractivity contribution in [2.45, 2.75) is 39.8 Å². The fourth-order valence-corrected chi connectivity index (χ4v) is 6.01. The van der Waals surface area contributed by atoms with E-state index in [0.717, 1.165) is 35.0 Å². The number of ether oxygens (including phenoxy) is 4. The Kier molecular flexibility index (Phi) is 11.9. The summed E-state index contributed by atoms with van der Waals surface area (Å²) in [6.07, 6.45) is 3.10. The summed E-state index contributed by atoms with van der Waals surface area (Å²) in [5.41, 5.74) is 3.22. The Labute approximate surface area is 300 Å². The van der Waals surface area contributed by atoms with E-state index in [0.29, 0.717) is 50.1 Å². The van der Waals surface area contributed by atoms with Gasteiger partial charge in [-0.15, -0.1) is 0 Å². The van der Waals surface area contributed by atoms with Crippen molar-refractivity contribution in [2.24, 2.45) is 0 Å². The smallest absolute Gasteiger partial charge is 0.357 e. The summed E-state index contributed by atoms with van der Waals surface area (Å²) in [6, 6.07) is 14.9. The van der Waals surface area contributed by atoms with Gasteiger partial charge in [0.05, 0.1) is 51.0 Å². The van der Waals surface area contributed by atoms with E-state index in [9.17, 15) is 29.4 Å². The molecule has 2 aromatic carbocycles. The normalized spacial score (nSPS) is 13.3. The number of pyridine rings is 2. The van der Waals surface area contributed by atoms with E-state index in [4.69, 9.17) is 18.9 Å². The van der Waals surface area contributed by atoms with Crippen molar-refractivity contribution in [3.8, 4) is 23.0 Å². The topological polar surface area (TPSA) is 178 Å². The molecule has 6 rings (SSSR count). The van der Waals surface area contributed by atoms with Crippen LogP contribution in [0.25, 0.3) is 0 Å². The van der Waals surface area contributed by atoms with Crippen molar-refractivity contribution >= 4 is 23.8 Å². The Bertz CT molecular complexity index is 1810. The molecule has 14 heteroatoms. The number of hydrogen-bond acceptors (Lipinski definition) is 12. The molecule has 4 aromatic rings. The minimum Gasteiger partial charge on any atom is -0.505 e. The van der Waals surface area contributed by atoms with E-state index in [1.165, 1.54) is 0 Å². The maximum Gasteiger partial charge on any atom is 0.357 e. The molecule has 2 N–H and O–H groups in total. The average Bonchev–Trinajstić information content (AvgIpc) is 3.15. The van der Waals surface area contributed by atoms with E-state index in [-0.39, 0.29) is 59.0 Å². The third-order valence-corrected chi connectivity index (χ3v) is 8.59. The van der Waals surface area contributed by atoms with Crippen molar-refractivity contribution in [3.63, 3.8) is 0 Å². The summed E-state index contributed by atoms with van der Waals surface area (Å²) < 4.78 is 20.3. The van der Waals surface area contributed by atoms with Gasteiger partial charge in [-0.25, -0.2) is 19.6 Å². The minimum absolute atomic E-state index is 0.0945. The summed E-state index contributed by atoms with van der Waals surface area (Å²) in [5.74, 6) is -0.783. The lowest BCUT2D eigenvalue weighted by molar-refractivity contribution is 0.0506. The number of nitrogens with zero attached hydrogens (tertiary/aromatic N) is 4. The molecule has 0 saturated carbocycles. The number of carbonyl (C=O) groups is 4. The lowest BCUT2D eigenvalue weighted by Crippen LogP contribution is -2.38. The number of methoxy groups -OCH3 is 2. The second kappa shape index (κ2) is 16.7. The van der Waals surface area contributed by atoms with Crippen LogP contribution < -0.4 is 9.47 Å². The Morgan fingerprint density at radius 1 is 0.654 bits per heavy atom. The molecule has 2 aliphatic rings. The Morgan fingerprint density at radius 3 is 1.35 bits per heavy atom. The van der Waals surface area contributed by atoms with E-state index in [2.05, 4.69) is 9.97 Å². The van der Waals surface area contributed by atoms with Gasteiger partial charge in [-0.1, -0.05) is 24.3 Å². The van der Waals surface area contributed by atoms with Crippen LogP contribution in [-0.2, 0) is 35.4 Å². The molecule has 0 radical (unpaired) electrons. The van der Waals surface area contributed by atoms with Gasteiger partial charge in [0.25, 0.3) is 11.8 Å². The molecule has 4 heterocycles. The SMILES string of the molecule is CCOC(=O)c1ncc(O)c2c1CCN(Cc1ccc(OC)cc1)C2=O.CCOC(=O)c1ncc(O)c2c1CCN(Cc1ccc(OC)cc1)C2=O. The molecule has 52 heavy (non-hydrogen) atoms. The van der Waals surface area contributed by atoms with Crippen LogP contribution in [0.1, 0.15) is 77.8 Å². The molecule has 0 unspecified atom stereocenters. The third kappa shape index (κ3) is 8.06. The quantitative estimate of drug-likeness (QED) is 0.223. The first kappa shape index (κ1) is 37.1. The van der Waals surface area contributed by atoms with Crippen LogP contribution in [0.2, 0.25) is 0 Å². The second-order valence-corrected chi connectivity index (χ2v) is 11.8. The molecule has 0 saturated heterocycles. The van der Waals surface area contributed by atoms with E-state index in [1.54, 1.807) is 37.9 Å². The Hall–Kier alpha value is -6.18. The molecule has 272 valence electrons. The highest BCUT2D eigenvalue weighted by molar-refractivity contribution is 6.03. The van der Waals surface area contributed by atoms with Crippen LogP contribution in [0.15, 0.2) is 60.9 Å². The van der Waals surface area contributed by atoms with Gasteiger partial charge in [0.15, 0.2) is 11.4 Å². The molecule has 2 amide bonds. The highest BCUT2D eigenvalue weighted by Crippen LogP contribution is 2.31. The number of aromatic nitrogens is 2. The number of carbonyl (C=O) groups excluding carboxylic acids is 4. The first-order chi connectivity index (χ1) is 25.1. The predicted molar refractivity (Wildman–Crippen MR) is 187 cm³/mol. The zero-order valence-electron chi connectivity index (χ0n) is 29.4. The highest BCUT2D eigenvalue weighted by atomic mass is 16.5. The van der Waals surface area contributed by atoms with Crippen LogP contribution in [0.5, 0.6) is 23.0 Å². The van der Waals surface area contributed by atoms with Crippen molar-refractivity contribution in [2.75, 3.05) is 40.5 Å². The van der Waals surface area contributed by atoms with Gasteiger partial charge in [-0.2, -0.15) is 0 Å². The molecule has 0 aliphatic carbocycles. The minimum atomic E-state index is -0.583. The van der Waals surface area contributed by atoms with Crippen LogP contribution >= 0.6 is 0 Å². The first-order valence-electron chi connectivity index (χ1n) is 16.7. The Morgan fingerprint density at radius 2 is 1.02 bits per heavy atom. The molecule has 2 aromatic heterocycles. The molecular weight excluding hydrogens is 672 g/mol. The standard InChI is InChI=1S/2C19H20N2O5/c2*1-3-26-19(24)17-14-8-9-21(18(23)16(14)15(22)10-20-17)11-12-4-6-13(25-2)7-5-12/h2*4-7,10,22H,3,8-9,11H2,1-2H3. The first-order valence-corrected chi connectivity index (χ1v) is 16.7. The van der Waals surface area contributed by atoms with Gasteiger partial charge in [0, 0.05) is 37.3 Å². The fourth-order valence-electron chi connectivity index (χ4n) is 6.01. The van der Waals surface area contributed by atoms with Crippen molar-refractivity contribution in [3.05, 3.63) is 106 Å². The van der Waals surface area contributed by atoms with Crippen molar-refractivity contribution in [1.82, 2.24) is 19.8 Å². The summed E-state index contributed by atoms with van der Waals surface area (Å²) in [6.45, 7) is 5.49. The van der Waals surface area contributed by atoms with Gasteiger partial charge in [0.2, 0.25) is 0 Å². The maximum absolute atomic E-state index is 12.9. The number of hydrogen-bond donors (Lipinski definition) is 2. The fraction of sp³-hybridized carbons (Fsp3) is 0.316. The molecule has 14 nitrogen and oxygen atoms in total. The predicted octanol–water partition coefficient (Wildman–Crippen LogP) is 4.34. The highest BCUT2D eigenvalue weighted by Gasteiger charge is 2.33. The maximum atomic E-state index is 12.9. The number of amides is 2. The zero-order valence-corrected chi connectivity index (χ0v) is 29.4. The van der Waals surface area contributed by atoms with E-state index >= 15 is 0 Å². The van der Waals surface area contributed by atoms with Crippen molar-refractivity contribution in [1.29, 1.82) is 0 Å². The van der Waals surface area contributed by atoms with Crippen molar-refractivity contribution < 1.29 is 48.3 Å². The lowest BCUT2D eigenvalue weighted by atomic mass is 9.96. The molecule has 0 bridgehead atoms. The van der Waals surface area contributed by atoms with Gasteiger partial charge < -0.3 is 39.0 Å². The van der Waals surface area contributed by atoms with Gasteiger partial charge in [-0.3, -0.25) is 9.59 Å². The summed E-state index contributed by atoms with van der Waals surface area (Å²) >= 11 is 0. The molecule has 2 aliphatic heterocycles. The lowest BCUT2D eigenvalue weighted by Gasteiger charge is -2.29. The molecular formula is C38H40N4O10. The molecule has 0 spiro atoms. The molecule has 0 atom stereocenters. The third-order valence-electron chi connectivity index (χ3n) is 8.59. The zero-order chi connectivity index (χ0) is 37.4. The second-order valence-electron chi connectivity index (χ2n) is 11.8. The van der Waals surface area contributed by atoms with Gasteiger partial charge in [0.1, 0.15) is 23.0 Å². The number of esters is 2. The number of benzene rings is 2. The summed E-state index contributed by atoms with van der Waals surface area (Å²) in [7, 11) is 3.19. The van der Waals surface area contributed by atoms with Crippen LogP contribution in [0.3, 0.4) is 0 Å². The van der Waals surface area contributed by atoms with E-state index < -0.39 is 11.9 Å². The number of rotatable bonds is 10. The monoisotopic (exact) mass is 712 g/mol. The summed E-state index contributed by atoms with van der Waals surface area (Å²) in [5, 5.41) is 20.3. The Balaban J connectivity index is 0.000000201. The van der Waals surface area contributed by atoms with E-state index in [1.807, 2.05) is 48.5 Å². The van der Waals surface area contributed by atoms with Gasteiger partial charge in [-0.05, 0) is 62.1 Å². The number of aromatic hydroxyl groups is 2. The van der Waals surface area contributed by atoms with Crippen LogP contribution in [-0.4, -0.2) is 94.3 Å². The summed E-state index contributed by atoms with van der Waals surface area (Å²) in [4.78, 5) is 61.0. The number of fused-ring (bicyclic) bond motifs is 2. The largest absolute Gasteiger partial charge is 0.505 e. The van der Waals surface area contributed by atoms with Crippen LogP contribution in [0.4, 0.5) is 0 Å². The molecule has 0 fully saturated rings. The van der Waals surface area contributed by atoms with Gasteiger partial charge >= 0.3 is 11.9 Å². The average molecular weight is 713 g/mol. The van der Waals surface area contributed by atoms with Crippen LogP contribution in [0, 0.1) is 0 Å².